The number of nitrogens with zero attached hydrogens (tertiary/aromatic N) is 2. The van der Waals surface area contributed by atoms with Gasteiger partial charge in [0.25, 0.3) is 5.91 Å². The van der Waals surface area contributed by atoms with Gasteiger partial charge in [-0.2, -0.15) is 0 Å². The van der Waals surface area contributed by atoms with E-state index in [1.165, 1.54) is 5.56 Å². The average molecular weight is 458 g/mol. The number of anilines is 4. The van der Waals surface area contributed by atoms with Crippen molar-refractivity contribution in [3.8, 4) is 22.4 Å². The molecule has 0 atom stereocenters. The van der Waals surface area contributed by atoms with E-state index in [0.29, 0.717) is 22.8 Å². The number of amides is 1. The molecule has 0 saturated carbocycles. The highest BCUT2D eigenvalue weighted by atomic mass is 16.1. The number of carbonyl (C=O) groups is 1. The lowest BCUT2D eigenvalue weighted by atomic mass is 10.0. The number of nitrogens with one attached hydrogen (secondary N) is 2. The fourth-order valence-electron chi connectivity index (χ4n) is 3.67. The summed E-state index contributed by atoms with van der Waals surface area (Å²) in [5.41, 5.74) is 12.6. The monoisotopic (exact) mass is 457 g/mol. The largest absolute Gasteiger partial charge is 0.399 e. The molecule has 0 unspecified atom stereocenters. The quantitative estimate of drug-likeness (QED) is 0.257. The topological polar surface area (TPSA) is 92.9 Å². The molecule has 0 radical (unpaired) electrons. The van der Waals surface area contributed by atoms with Crippen molar-refractivity contribution in [2.45, 2.75) is 0 Å². The zero-order chi connectivity index (χ0) is 24.0. The fraction of sp³-hybridized carbons (Fsp3) is 0. The van der Waals surface area contributed by atoms with Gasteiger partial charge in [0.1, 0.15) is 12.1 Å². The average Bonchev–Trinajstić information content (AvgIpc) is 2.91. The first-order valence-corrected chi connectivity index (χ1v) is 11.2. The number of nitrogens with two attached hydrogens (primary N) is 1. The van der Waals surface area contributed by atoms with Crippen LogP contribution in [0.5, 0.6) is 0 Å². The normalized spacial score (nSPS) is 10.5. The summed E-state index contributed by atoms with van der Waals surface area (Å²) in [5.74, 6) is 0.491. The molecule has 5 aromatic rings. The van der Waals surface area contributed by atoms with E-state index in [1.807, 2.05) is 48.5 Å². The first kappa shape index (κ1) is 21.9. The Balaban J connectivity index is 1.25. The van der Waals surface area contributed by atoms with Crippen LogP contribution in [0.1, 0.15) is 10.4 Å². The molecule has 4 aromatic carbocycles. The van der Waals surface area contributed by atoms with Gasteiger partial charge in [0.2, 0.25) is 0 Å². The van der Waals surface area contributed by atoms with Crippen LogP contribution >= 0.6 is 0 Å². The summed E-state index contributed by atoms with van der Waals surface area (Å²) >= 11 is 0. The van der Waals surface area contributed by atoms with Crippen molar-refractivity contribution < 1.29 is 4.79 Å². The van der Waals surface area contributed by atoms with Gasteiger partial charge in [0.05, 0.1) is 5.69 Å². The number of carbonyl (C=O) groups excluding carboxylic acids is 1. The van der Waals surface area contributed by atoms with Gasteiger partial charge in [-0.3, -0.25) is 4.79 Å². The minimum Gasteiger partial charge on any atom is -0.399 e. The minimum absolute atomic E-state index is 0.190. The van der Waals surface area contributed by atoms with Crippen molar-refractivity contribution in [3.05, 3.63) is 121 Å². The SMILES string of the molecule is Nc1ccc(C(=O)Nc2ccc(Nc3cc(-c4ccc(-c5ccccc5)cc4)ncn3)cc2)cc1. The minimum atomic E-state index is -0.190. The molecule has 5 rings (SSSR count). The predicted octanol–water partition coefficient (Wildman–Crippen LogP) is 6.39. The molecule has 1 aromatic heterocycles. The van der Waals surface area contributed by atoms with Crippen molar-refractivity contribution >= 4 is 28.8 Å². The Morgan fingerprint density at radius 2 is 1.29 bits per heavy atom. The van der Waals surface area contributed by atoms with Crippen LogP contribution in [0.4, 0.5) is 22.9 Å². The highest BCUT2D eigenvalue weighted by molar-refractivity contribution is 6.04. The molecular formula is C29H23N5O. The predicted molar refractivity (Wildman–Crippen MR) is 141 cm³/mol. The Morgan fingerprint density at radius 1 is 0.657 bits per heavy atom. The summed E-state index contributed by atoms with van der Waals surface area (Å²) in [6.07, 6.45) is 1.55. The van der Waals surface area contributed by atoms with Crippen molar-refractivity contribution in [2.24, 2.45) is 0 Å². The number of rotatable bonds is 6. The molecule has 0 aliphatic carbocycles. The molecule has 1 heterocycles. The van der Waals surface area contributed by atoms with Crippen LogP contribution in [0.3, 0.4) is 0 Å². The maximum atomic E-state index is 12.4. The Kier molecular flexibility index (Phi) is 6.17. The molecule has 0 spiro atoms. The Bertz CT molecular complexity index is 1430. The lowest BCUT2D eigenvalue weighted by molar-refractivity contribution is 0.102. The number of nitrogen functional groups attached to an aromatic ring is 1. The van der Waals surface area contributed by atoms with Crippen molar-refractivity contribution in [3.63, 3.8) is 0 Å². The Labute approximate surface area is 203 Å². The van der Waals surface area contributed by atoms with Gasteiger partial charge in [-0.05, 0) is 59.7 Å². The lowest BCUT2D eigenvalue weighted by Gasteiger charge is -2.10. The maximum absolute atomic E-state index is 12.4. The van der Waals surface area contributed by atoms with E-state index in [2.05, 4.69) is 57.0 Å². The first-order valence-electron chi connectivity index (χ1n) is 11.2. The molecule has 35 heavy (non-hydrogen) atoms. The summed E-state index contributed by atoms with van der Waals surface area (Å²) in [6.45, 7) is 0. The molecule has 6 heteroatoms. The maximum Gasteiger partial charge on any atom is 0.255 e. The van der Waals surface area contributed by atoms with Gasteiger partial charge in [0.15, 0.2) is 0 Å². The number of hydrogen-bond donors (Lipinski definition) is 3. The van der Waals surface area contributed by atoms with Gasteiger partial charge < -0.3 is 16.4 Å². The van der Waals surface area contributed by atoms with E-state index in [1.54, 1.807) is 30.6 Å². The van der Waals surface area contributed by atoms with Crippen LogP contribution in [0.15, 0.2) is 116 Å². The summed E-state index contributed by atoms with van der Waals surface area (Å²) in [6, 6.07) is 34.7. The third-order valence-electron chi connectivity index (χ3n) is 5.54. The second-order valence-corrected chi connectivity index (χ2v) is 8.01. The second kappa shape index (κ2) is 9.89. The van der Waals surface area contributed by atoms with E-state index in [9.17, 15) is 4.79 Å². The van der Waals surface area contributed by atoms with Crippen LogP contribution in [-0.4, -0.2) is 15.9 Å². The van der Waals surface area contributed by atoms with Crippen molar-refractivity contribution in [1.29, 1.82) is 0 Å². The number of aromatic nitrogens is 2. The van der Waals surface area contributed by atoms with Gasteiger partial charge in [-0.25, -0.2) is 9.97 Å². The third-order valence-corrected chi connectivity index (χ3v) is 5.54. The summed E-state index contributed by atoms with van der Waals surface area (Å²) in [7, 11) is 0. The molecule has 0 bridgehead atoms. The van der Waals surface area contributed by atoms with Gasteiger partial charge >= 0.3 is 0 Å². The zero-order valence-electron chi connectivity index (χ0n) is 18.8. The van der Waals surface area contributed by atoms with E-state index < -0.39 is 0 Å². The van der Waals surface area contributed by atoms with Crippen molar-refractivity contribution in [1.82, 2.24) is 9.97 Å². The van der Waals surface area contributed by atoms with Crippen LogP contribution in [0.2, 0.25) is 0 Å². The first-order chi connectivity index (χ1) is 17.1. The molecule has 1 amide bonds. The van der Waals surface area contributed by atoms with Gasteiger partial charge in [-0.1, -0.05) is 54.6 Å². The van der Waals surface area contributed by atoms with Crippen LogP contribution < -0.4 is 16.4 Å². The van der Waals surface area contributed by atoms with E-state index in [4.69, 9.17) is 5.73 Å². The van der Waals surface area contributed by atoms with Crippen LogP contribution in [-0.2, 0) is 0 Å². The molecule has 0 fully saturated rings. The molecule has 6 nitrogen and oxygen atoms in total. The highest BCUT2D eigenvalue weighted by Crippen LogP contribution is 2.25. The van der Waals surface area contributed by atoms with Crippen molar-refractivity contribution in [2.75, 3.05) is 16.4 Å². The molecule has 0 aliphatic heterocycles. The van der Waals surface area contributed by atoms with Crippen LogP contribution in [0.25, 0.3) is 22.4 Å². The zero-order valence-corrected chi connectivity index (χ0v) is 18.8. The molecule has 4 N–H and O–H groups in total. The third kappa shape index (κ3) is 5.34. The number of benzene rings is 4. The Hall–Kier alpha value is -4.97. The van der Waals surface area contributed by atoms with E-state index in [-0.39, 0.29) is 5.91 Å². The lowest BCUT2D eigenvalue weighted by Crippen LogP contribution is -2.11. The Morgan fingerprint density at radius 3 is 2.00 bits per heavy atom. The van der Waals surface area contributed by atoms with Crippen LogP contribution in [0, 0.1) is 0 Å². The molecular weight excluding hydrogens is 434 g/mol. The second-order valence-electron chi connectivity index (χ2n) is 8.01. The fourth-order valence-corrected chi connectivity index (χ4v) is 3.67. The molecule has 0 aliphatic rings. The van der Waals surface area contributed by atoms with E-state index in [0.717, 1.165) is 22.5 Å². The standard InChI is InChI=1S/C29H23N5O/c30-24-12-10-23(11-13-24)29(35)34-26-16-14-25(15-17-26)33-28-18-27(31-19-32-28)22-8-6-21(7-9-22)20-4-2-1-3-5-20/h1-19H,30H2,(H,34,35)(H,31,32,33). The molecule has 170 valence electrons. The summed E-state index contributed by atoms with van der Waals surface area (Å²) in [4.78, 5) is 21.2. The number of hydrogen-bond acceptors (Lipinski definition) is 5. The molecule has 0 saturated heterocycles. The smallest absolute Gasteiger partial charge is 0.255 e. The van der Waals surface area contributed by atoms with E-state index >= 15 is 0 Å². The highest BCUT2D eigenvalue weighted by Gasteiger charge is 2.07. The summed E-state index contributed by atoms with van der Waals surface area (Å²) < 4.78 is 0. The summed E-state index contributed by atoms with van der Waals surface area (Å²) in [5, 5.41) is 6.17. The van der Waals surface area contributed by atoms with Gasteiger partial charge in [0, 0.05) is 34.3 Å². The van der Waals surface area contributed by atoms with Gasteiger partial charge in [-0.15, -0.1) is 0 Å².